The third-order valence-electron chi connectivity index (χ3n) is 5.38. The fourth-order valence-electron chi connectivity index (χ4n) is 3.94. The van der Waals surface area contributed by atoms with Crippen LogP contribution < -0.4 is 5.32 Å². The fraction of sp³-hybridized carbons (Fsp3) is 0.450. The van der Waals surface area contributed by atoms with Crippen molar-refractivity contribution >= 4 is 12.4 Å². The first-order valence-electron chi connectivity index (χ1n) is 9.15. The Morgan fingerprint density at radius 2 is 1.81 bits per heavy atom. The van der Waals surface area contributed by atoms with Gasteiger partial charge in [0.15, 0.2) is 0 Å². The predicted octanol–water partition coefficient (Wildman–Crippen LogP) is 2.79. The zero-order valence-corrected chi connectivity index (χ0v) is 15.7. The Balaban J connectivity index is 0.00000196. The van der Waals surface area contributed by atoms with Gasteiger partial charge < -0.3 is 5.32 Å². The van der Waals surface area contributed by atoms with E-state index in [-0.39, 0.29) is 18.2 Å². The second-order valence-electron chi connectivity index (χ2n) is 7.01. The van der Waals surface area contributed by atoms with Crippen molar-refractivity contribution in [3.05, 3.63) is 54.1 Å². The number of nitrogens with one attached hydrogen (secondary N) is 1. The van der Waals surface area contributed by atoms with Crippen LogP contribution in [0.3, 0.4) is 0 Å². The van der Waals surface area contributed by atoms with Crippen LogP contribution in [0.15, 0.2) is 42.7 Å². The SMILES string of the molecule is Cl.Fc1cc(-c2ccncc2)ccc1CN1CCC(N2CCNCC2)C1. The molecule has 26 heavy (non-hydrogen) atoms. The lowest BCUT2D eigenvalue weighted by Gasteiger charge is -2.32. The topological polar surface area (TPSA) is 31.4 Å². The van der Waals surface area contributed by atoms with Gasteiger partial charge in [-0.15, -0.1) is 12.4 Å². The van der Waals surface area contributed by atoms with Crippen LogP contribution >= 0.6 is 12.4 Å². The number of rotatable bonds is 4. The average molecular weight is 377 g/mol. The van der Waals surface area contributed by atoms with E-state index < -0.39 is 0 Å². The highest BCUT2D eigenvalue weighted by Crippen LogP contribution is 2.24. The molecule has 0 spiro atoms. The number of pyridine rings is 1. The molecule has 140 valence electrons. The van der Waals surface area contributed by atoms with E-state index >= 15 is 0 Å². The van der Waals surface area contributed by atoms with Crippen LogP contribution in [0.4, 0.5) is 4.39 Å². The molecule has 1 atom stereocenters. The summed E-state index contributed by atoms with van der Waals surface area (Å²) in [5.74, 6) is -0.111. The fourth-order valence-corrected chi connectivity index (χ4v) is 3.94. The van der Waals surface area contributed by atoms with E-state index in [0.717, 1.165) is 56.0 Å². The molecule has 1 aromatic heterocycles. The first kappa shape index (κ1) is 19.2. The molecule has 2 aliphatic heterocycles. The van der Waals surface area contributed by atoms with Gasteiger partial charge in [0.1, 0.15) is 5.82 Å². The van der Waals surface area contributed by atoms with E-state index in [9.17, 15) is 4.39 Å². The second-order valence-corrected chi connectivity index (χ2v) is 7.01. The first-order valence-corrected chi connectivity index (χ1v) is 9.15. The standard InChI is InChI=1S/C20H25FN4.ClH/c21-20-13-17(16-3-6-22-7-4-16)1-2-18(20)14-24-10-5-19(15-24)25-11-8-23-9-12-25;/h1-4,6-7,13,19,23H,5,8-12,14-15H2;1H. The van der Waals surface area contributed by atoms with Crippen LogP contribution in [0.2, 0.25) is 0 Å². The van der Waals surface area contributed by atoms with Crippen molar-refractivity contribution in [1.82, 2.24) is 20.1 Å². The molecule has 0 saturated carbocycles. The summed E-state index contributed by atoms with van der Waals surface area (Å²) in [6, 6.07) is 10.0. The smallest absolute Gasteiger partial charge is 0.128 e. The van der Waals surface area contributed by atoms with Gasteiger partial charge in [0, 0.05) is 69.8 Å². The number of nitrogens with zero attached hydrogens (tertiary/aromatic N) is 3. The minimum Gasteiger partial charge on any atom is -0.314 e. The maximum Gasteiger partial charge on any atom is 0.128 e. The summed E-state index contributed by atoms with van der Waals surface area (Å²) in [7, 11) is 0. The van der Waals surface area contributed by atoms with Gasteiger partial charge in [0.25, 0.3) is 0 Å². The van der Waals surface area contributed by atoms with Crippen molar-refractivity contribution in [2.45, 2.75) is 19.0 Å². The van der Waals surface area contributed by atoms with E-state index in [1.54, 1.807) is 18.5 Å². The molecule has 3 heterocycles. The van der Waals surface area contributed by atoms with Crippen molar-refractivity contribution < 1.29 is 4.39 Å². The summed E-state index contributed by atoms with van der Waals surface area (Å²) < 4.78 is 14.6. The summed E-state index contributed by atoms with van der Waals surface area (Å²) in [5, 5.41) is 3.41. The third kappa shape index (κ3) is 4.41. The zero-order valence-electron chi connectivity index (χ0n) is 14.9. The summed E-state index contributed by atoms with van der Waals surface area (Å²) in [4.78, 5) is 8.99. The van der Waals surface area contributed by atoms with Crippen molar-refractivity contribution in [1.29, 1.82) is 0 Å². The van der Waals surface area contributed by atoms with Crippen molar-refractivity contribution in [3.63, 3.8) is 0 Å². The highest BCUT2D eigenvalue weighted by molar-refractivity contribution is 5.85. The quantitative estimate of drug-likeness (QED) is 0.889. The Morgan fingerprint density at radius 3 is 2.54 bits per heavy atom. The predicted molar refractivity (Wildman–Crippen MR) is 105 cm³/mol. The molecule has 0 amide bonds. The lowest BCUT2D eigenvalue weighted by Crippen LogP contribution is -2.49. The summed E-state index contributed by atoms with van der Waals surface area (Å²) in [6.45, 7) is 7.24. The van der Waals surface area contributed by atoms with Crippen LogP contribution in [-0.4, -0.2) is 60.1 Å². The average Bonchev–Trinajstić information content (AvgIpc) is 3.13. The highest BCUT2D eigenvalue weighted by atomic mass is 35.5. The minimum atomic E-state index is -0.111. The molecule has 4 rings (SSSR count). The van der Waals surface area contributed by atoms with Gasteiger partial charge in [-0.25, -0.2) is 4.39 Å². The molecule has 1 unspecified atom stereocenters. The molecule has 2 aliphatic rings. The van der Waals surface area contributed by atoms with Gasteiger partial charge in [0.05, 0.1) is 0 Å². The Hall–Kier alpha value is -1.53. The summed E-state index contributed by atoms with van der Waals surface area (Å²) in [6.07, 6.45) is 4.67. The van der Waals surface area contributed by atoms with E-state index in [4.69, 9.17) is 0 Å². The Morgan fingerprint density at radius 1 is 1.04 bits per heavy atom. The normalized spacial score (nSPS) is 21.5. The van der Waals surface area contributed by atoms with Crippen molar-refractivity contribution in [2.75, 3.05) is 39.3 Å². The molecule has 1 N–H and O–H groups in total. The molecule has 2 saturated heterocycles. The molecule has 0 radical (unpaired) electrons. The third-order valence-corrected chi connectivity index (χ3v) is 5.38. The van der Waals surface area contributed by atoms with E-state index in [2.05, 4.69) is 20.1 Å². The van der Waals surface area contributed by atoms with E-state index in [1.165, 1.54) is 6.42 Å². The van der Waals surface area contributed by atoms with Gasteiger partial charge in [0.2, 0.25) is 0 Å². The maximum atomic E-state index is 14.6. The lowest BCUT2D eigenvalue weighted by atomic mass is 10.0. The molecule has 2 aromatic rings. The van der Waals surface area contributed by atoms with Crippen LogP contribution in [0, 0.1) is 5.82 Å². The van der Waals surface area contributed by atoms with Crippen molar-refractivity contribution in [3.8, 4) is 11.1 Å². The highest BCUT2D eigenvalue weighted by Gasteiger charge is 2.28. The van der Waals surface area contributed by atoms with Crippen LogP contribution in [-0.2, 0) is 6.54 Å². The molecular weight excluding hydrogens is 351 g/mol. The molecule has 0 bridgehead atoms. The van der Waals surface area contributed by atoms with Gasteiger partial charge in [-0.1, -0.05) is 12.1 Å². The number of aromatic nitrogens is 1. The Kier molecular flexibility index (Phi) is 6.59. The number of hydrogen-bond donors (Lipinski definition) is 1. The van der Waals surface area contributed by atoms with Crippen LogP contribution in [0.1, 0.15) is 12.0 Å². The van der Waals surface area contributed by atoms with Crippen LogP contribution in [0.5, 0.6) is 0 Å². The monoisotopic (exact) mass is 376 g/mol. The number of likely N-dealkylation sites (tertiary alicyclic amines) is 1. The minimum absolute atomic E-state index is 0. The summed E-state index contributed by atoms with van der Waals surface area (Å²) >= 11 is 0. The molecule has 6 heteroatoms. The molecule has 4 nitrogen and oxygen atoms in total. The maximum absolute atomic E-state index is 14.6. The number of hydrogen-bond acceptors (Lipinski definition) is 4. The largest absolute Gasteiger partial charge is 0.314 e. The number of piperazine rings is 1. The lowest BCUT2D eigenvalue weighted by molar-refractivity contribution is 0.170. The van der Waals surface area contributed by atoms with E-state index in [1.807, 2.05) is 24.3 Å². The Bertz CT molecular complexity index is 706. The van der Waals surface area contributed by atoms with Gasteiger partial charge in [-0.3, -0.25) is 14.8 Å². The zero-order chi connectivity index (χ0) is 17.1. The van der Waals surface area contributed by atoms with Crippen LogP contribution in [0.25, 0.3) is 11.1 Å². The molecule has 2 fully saturated rings. The number of halogens is 2. The van der Waals surface area contributed by atoms with Crippen molar-refractivity contribution in [2.24, 2.45) is 0 Å². The van der Waals surface area contributed by atoms with Gasteiger partial charge in [-0.2, -0.15) is 0 Å². The second kappa shape index (κ2) is 8.91. The number of benzene rings is 1. The molecular formula is C20H26ClFN4. The van der Waals surface area contributed by atoms with E-state index in [0.29, 0.717) is 12.6 Å². The van der Waals surface area contributed by atoms with Gasteiger partial charge >= 0.3 is 0 Å². The molecule has 0 aliphatic carbocycles. The summed E-state index contributed by atoms with van der Waals surface area (Å²) in [5.41, 5.74) is 2.70. The molecule has 1 aromatic carbocycles. The van der Waals surface area contributed by atoms with Gasteiger partial charge in [-0.05, 0) is 35.7 Å². The Labute approximate surface area is 160 Å². The first-order chi connectivity index (χ1) is 12.3.